The summed E-state index contributed by atoms with van der Waals surface area (Å²) < 4.78 is 40.9. The van der Waals surface area contributed by atoms with Gasteiger partial charge in [0, 0.05) is 26.1 Å². The highest BCUT2D eigenvalue weighted by molar-refractivity contribution is 5.30. The predicted octanol–water partition coefficient (Wildman–Crippen LogP) is 3.11. The van der Waals surface area contributed by atoms with Gasteiger partial charge in [-0.1, -0.05) is 30.3 Å². The second kappa shape index (κ2) is 7.27. The fourth-order valence-electron chi connectivity index (χ4n) is 1.71. The van der Waals surface area contributed by atoms with Gasteiger partial charge in [-0.3, -0.25) is 0 Å². The van der Waals surface area contributed by atoms with Crippen LogP contribution in [0.1, 0.15) is 24.8 Å². The Morgan fingerprint density at radius 3 is 2.30 bits per heavy atom. The van der Waals surface area contributed by atoms with Crippen LogP contribution in [0, 0.1) is 11.3 Å². The molecule has 0 bridgehead atoms. The molecule has 6 heteroatoms. The number of nitriles is 1. The fourth-order valence-corrected chi connectivity index (χ4v) is 1.71. The third kappa shape index (κ3) is 5.59. The van der Waals surface area contributed by atoms with E-state index in [0.717, 1.165) is 0 Å². The van der Waals surface area contributed by atoms with E-state index in [2.05, 4.69) is 0 Å². The maximum absolute atomic E-state index is 11.9. The molecular weight excluding hydrogens is 269 g/mol. The SMILES string of the molecule is N#CC(N)(CCOCCCC(F)(F)F)c1ccccc1. The predicted molar refractivity (Wildman–Crippen MR) is 68.6 cm³/mol. The van der Waals surface area contributed by atoms with E-state index in [9.17, 15) is 13.2 Å². The molecular formula is C14H17F3N2O. The van der Waals surface area contributed by atoms with Gasteiger partial charge in [0.2, 0.25) is 0 Å². The highest BCUT2D eigenvalue weighted by Gasteiger charge is 2.27. The van der Waals surface area contributed by atoms with Crippen LogP contribution >= 0.6 is 0 Å². The Labute approximate surface area is 116 Å². The van der Waals surface area contributed by atoms with Crippen LogP contribution in [0.25, 0.3) is 0 Å². The Morgan fingerprint density at radius 2 is 1.75 bits per heavy atom. The molecule has 1 rings (SSSR count). The Kier molecular flexibility index (Phi) is 5.99. The highest BCUT2D eigenvalue weighted by atomic mass is 19.4. The lowest BCUT2D eigenvalue weighted by Gasteiger charge is -2.21. The summed E-state index contributed by atoms with van der Waals surface area (Å²) in [5.41, 5.74) is 5.47. The smallest absolute Gasteiger partial charge is 0.381 e. The average Bonchev–Trinajstić information content (AvgIpc) is 2.42. The number of rotatable bonds is 7. The minimum atomic E-state index is -4.16. The van der Waals surface area contributed by atoms with Crippen molar-refractivity contribution in [2.45, 2.75) is 31.0 Å². The third-order valence-corrected chi connectivity index (χ3v) is 2.88. The Morgan fingerprint density at radius 1 is 1.10 bits per heavy atom. The molecule has 0 fully saturated rings. The second-order valence-corrected chi connectivity index (χ2v) is 4.53. The highest BCUT2D eigenvalue weighted by Crippen LogP contribution is 2.22. The topological polar surface area (TPSA) is 59.0 Å². The monoisotopic (exact) mass is 286 g/mol. The zero-order valence-electron chi connectivity index (χ0n) is 11.0. The number of ether oxygens (including phenoxy) is 1. The van der Waals surface area contributed by atoms with E-state index in [1.54, 1.807) is 24.3 Å². The first-order valence-electron chi connectivity index (χ1n) is 6.27. The first-order valence-corrected chi connectivity index (χ1v) is 6.27. The molecule has 0 radical (unpaired) electrons. The molecule has 1 atom stereocenters. The van der Waals surface area contributed by atoms with E-state index >= 15 is 0 Å². The molecule has 20 heavy (non-hydrogen) atoms. The standard InChI is InChI=1S/C14H17F3N2O/c15-14(16,17)7-4-9-20-10-8-13(19,11-18)12-5-2-1-3-6-12/h1-3,5-6H,4,7-10,19H2. The molecule has 0 aromatic heterocycles. The first-order chi connectivity index (χ1) is 9.37. The van der Waals surface area contributed by atoms with Crippen molar-refractivity contribution in [1.29, 1.82) is 5.26 Å². The molecule has 0 saturated heterocycles. The third-order valence-electron chi connectivity index (χ3n) is 2.88. The minimum Gasteiger partial charge on any atom is -0.381 e. The number of benzene rings is 1. The van der Waals surface area contributed by atoms with Crippen molar-refractivity contribution in [2.75, 3.05) is 13.2 Å². The molecule has 2 N–H and O–H groups in total. The molecule has 110 valence electrons. The van der Waals surface area contributed by atoms with E-state index in [1.165, 1.54) is 0 Å². The normalized spacial score (nSPS) is 14.6. The average molecular weight is 286 g/mol. The molecule has 1 aromatic carbocycles. The van der Waals surface area contributed by atoms with Crippen LogP contribution in [0.2, 0.25) is 0 Å². The number of alkyl halides is 3. The summed E-state index contributed by atoms with van der Waals surface area (Å²) in [5, 5.41) is 9.17. The van der Waals surface area contributed by atoms with Gasteiger partial charge in [-0.15, -0.1) is 0 Å². The summed E-state index contributed by atoms with van der Waals surface area (Å²) >= 11 is 0. The van der Waals surface area contributed by atoms with Crippen LogP contribution in [0.4, 0.5) is 13.2 Å². The molecule has 1 aromatic rings. The summed E-state index contributed by atoms with van der Waals surface area (Å²) in [6, 6.07) is 10.9. The maximum Gasteiger partial charge on any atom is 0.389 e. The van der Waals surface area contributed by atoms with Gasteiger partial charge in [0.05, 0.1) is 6.07 Å². The second-order valence-electron chi connectivity index (χ2n) is 4.53. The zero-order chi connectivity index (χ0) is 15.1. The van der Waals surface area contributed by atoms with E-state index in [0.29, 0.717) is 5.56 Å². The molecule has 1 unspecified atom stereocenters. The number of halogens is 3. The maximum atomic E-state index is 11.9. The van der Waals surface area contributed by atoms with Crippen molar-refractivity contribution in [2.24, 2.45) is 5.73 Å². The van der Waals surface area contributed by atoms with Gasteiger partial charge in [0.15, 0.2) is 0 Å². The molecule has 0 heterocycles. The van der Waals surface area contributed by atoms with Gasteiger partial charge in [-0.2, -0.15) is 18.4 Å². The van der Waals surface area contributed by atoms with Gasteiger partial charge in [-0.25, -0.2) is 0 Å². The van der Waals surface area contributed by atoms with Crippen molar-refractivity contribution in [3.8, 4) is 6.07 Å². The number of hydrogen-bond acceptors (Lipinski definition) is 3. The minimum absolute atomic E-state index is 0.00973. The van der Waals surface area contributed by atoms with Crippen LogP contribution < -0.4 is 5.73 Å². The molecule has 0 aliphatic heterocycles. The lowest BCUT2D eigenvalue weighted by atomic mass is 9.89. The molecule has 0 spiro atoms. The van der Waals surface area contributed by atoms with Gasteiger partial charge >= 0.3 is 6.18 Å². The van der Waals surface area contributed by atoms with Crippen molar-refractivity contribution in [3.63, 3.8) is 0 Å². The van der Waals surface area contributed by atoms with Crippen LogP contribution in [0.3, 0.4) is 0 Å². The molecule has 0 aliphatic carbocycles. The number of nitrogens with two attached hydrogens (primary N) is 1. The van der Waals surface area contributed by atoms with Crippen LogP contribution in [0.15, 0.2) is 30.3 Å². The number of hydrogen-bond donors (Lipinski definition) is 1. The summed E-state index contributed by atoms with van der Waals surface area (Å²) in [4.78, 5) is 0. The van der Waals surface area contributed by atoms with E-state index in [-0.39, 0.29) is 26.1 Å². The molecule has 3 nitrogen and oxygen atoms in total. The Hall–Kier alpha value is -1.58. The Bertz CT molecular complexity index is 442. The number of nitrogens with zero attached hydrogens (tertiary/aromatic N) is 1. The lowest BCUT2D eigenvalue weighted by Crippen LogP contribution is -2.36. The lowest BCUT2D eigenvalue weighted by molar-refractivity contribution is -0.137. The van der Waals surface area contributed by atoms with Crippen LogP contribution in [0.5, 0.6) is 0 Å². The summed E-state index contributed by atoms with van der Waals surface area (Å²) in [7, 11) is 0. The quantitative estimate of drug-likeness (QED) is 0.783. The van der Waals surface area contributed by atoms with Gasteiger partial charge in [0.25, 0.3) is 0 Å². The van der Waals surface area contributed by atoms with Crippen molar-refractivity contribution < 1.29 is 17.9 Å². The molecule has 0 saturated carbocycles. The van der Waals surface area contributed by atoms with E-state index in [1.807, 2.05) is 12.1 Å². The Balaban J connectivity index is 2.35. The van der Waals surface area contributed by atoms with Crippen LogP contribution in [-0.2, 0) is 10.3 Å². The largest absolute Gasteiger partial charge is 0.389 e. The fraction of sp³-hybridized carbons (Fsp3) is 0.500. The summed E-state index contributed by atoms with van der Waals surface area (Å²) in [6.07, 6.45) is -4.87. The summed E-state index contributed by atoms with van der Waals surface area (Å²) in [5.74, 6) is 0. The van der Waals surface area contributed by atoms with E-state index < -0.39 is 18.1 Å². The van der Waals surface area contributed by atoms with Crippen molar-refractivity contribution in [1.82, 2.24) is 0 Å². The molecule has 0 aliphatic rings. The van der Waals surface area contributed by atoms with E-state index in [4.69, 9.17) is 15.7 Å². The zero-order valence-corrected chi connectivity index (χ0v) is 11.0. The van der Waals surface area contributed by atoms with Crippen molar-refractivity contribution >= 4 is 0 Å². The van der Waals surface area contributed by atoms with Crippen molar-refractivity contribution in [3.05, 3.63) is 35.9 Å². The van der Waals surface area contributed by atoms with Gasteiger partial charge in [-0.05, 0) is 12.0 Å². The van der Waals surface area contributed by atoms with Crippen LogP contribution in [-0.4, -0.2) is 19.4 Å². The first kappa shape index (κ1) is 16.5. The van der Waals surface area contributed by atoms with Gasteiger partial charge in [0.1, 0.15) is 5.54 Å². The van der Waals surface area contributed by atoms with Gasteiger partial charge < -0.3 is 10.5 Å². The summed E-state index contributed by atoms with van der Waals surface area (Å²) in [6.45, 7) is 0.159. The molecule has 0 amide bonds.